The van der Waals surface area contributed by atoms with Gasteiger partial charge in [0, 0.05) is 18.0 Å². The van der Waals surface area contributed by atoms with Crippen LogP contribution in [0.3, 0.4) is 0 Å². The highest BCUT2D eigenvalue weighted by atomic mass is 16.4. The first kappa shape index (κ1) is 12.9. The van der Waals surface area contributed by atoms with Crippen LogP contribution in [-0.4, -0.2) is 33.0 Å². The van der Waals surface area contributed by atoms with Gasteiger partial charge in [0.15, 0.2) is 0 Å². The van der Waals surface area contributed by atoms with E-state index in [0.29, 0.717) is 23.0 Å². The van der Waals surface area contributed by atoms with Crippen LogP contribution in [0.25, 0.3) is 11.0 Å². The van der Waals surface area contributed by atoms with Crippen molar-refractivity contribution < 1.29 is 14.7 Å². The minimum Gasteiger partial charge on any atom is -0.480 e. The van der Waals surface area contributed by atoms with Gasteiger partial charge in [-0.3, -0.25) is 14.8 Å². The molecule has 1 amide bonds. The van der Waals surface area contributed by atoms with Crippen molar-refractivity contribution in [1.29, 1.82) is 0 Å². The number of hydrogen-bond donors (Lipinski definition) is 2. The molecule has 2 N–H and O–H groups in total. The van der Waals surface area contributed by atoms with Crippen molar-refractivity contribution in [3.63, 3.8) is 0 Å². The van der Waals surface area contributed by atoms with Gasteiger partial charge in [0.1, 0.15) is 6.04 Å². The Balaban J connectivity index is 2.24. The summed E-state index contributed by atoms with van der Waals surface area (Å²) in [7, 11) is 0. The smallest absolute Gasteiger partial charge is 0.326 e. The minimum absolute atomic E-state index is 0.328. The molecule has 0 aliphatic heterocycles. The number of fused-ring (bicyclic) bond motifs is 1. The highest BCUT2D eigenvalue weighted by molar-refractivity contribution is 5.99. The van der Waals surface area contributed by atoms with Crippen LogP contribution in [0.4, 0.5) is 0 Å². The summed E-state index contributed by atoms with van der Waals surface area (Å²) < 4.78 is 0. The first-order chi connectivity index (χ1) is 9.11. The Bertz CT molecular complexity index is 627. The summed E-state index contributed by atoms with van der Waals surface area (Å²) in [6.45, 7) is 1.70. The number of nitrogens with one attached hydrogen (secondary N) is 1. The van der Waals surface area contributed by atoms with Crippen LogP contribution in [-0.2, 0) is 4.79 Å². The number of aromatic nitrogens is 2. The monoisotopic (exact) mass is 259 g/mol. The second-order valence-corrected chi connectivity index (χ2v) is 4.03. The fraction of sp³-hybridized carbons (Fsp3) is 0.231. The lowest BCUT2D eigenvalue weighted by atomic mass is 10.1. The van der Waals surface area contributed by atoms with E-state index < -0.39 is 17.9 Å². The van der Waals surface area contributed by atoms with Crippen LogP contribution < -0.4 is 5.32 Å². The number of carbonyl (C=O) groups is 2. The van der Waals surface area contributed by atoms with Crippen LogP contribution in [0, 0.1) is 0 Å². The first-order valence-corrected chi connectivity index (χ1v) is 5.86. The van der Waals surface area contributed by atoms with Crippen LogP contribution >= 0.6 is 0 Å². The quantitative estimate of drug-likeness (QED) is 0.861. The first-order valence-electron chi connectivity index (χ1n) is 5.86. The van der Waals surface area contributed by atoms with E-state index in [1.165, 1.54) is 6.20 Å². The second-order valence-electron chi connectivity index (χ2n) is 4.03. The third kappa shape index (κ3) is 2.85. The van der Waals surface area contributed by atoms with Crippen molar-refractivity contribution in [3.05, 3.63) is 36.2 Å². The van der Waals surface area contributed by atoms with Gasteiger partial charge in [-0.05, 0) is 24.6 Å². The summed E-state index contributed by atoms with van der Waals surface area (Å²) in [6, 6.07) is 3.98. The summed E-state index contributed by atoms with van der Waals surface area (Å²) in [5.74, 6) is -1.47. The van der Waals surface area contributed by atoms with E-state index in [0.717, 1.165) is 0 Å². The number of rotatable bonds is 4. The molecule has 0 unspecified atom stereocenters. The average molecular weight is 259 g/mol. The van der Waals surface area contributed by atoms with Crippen molar-refractivity contribution in [1.82, 2.24) is 15.3 Å². The van der Waals surface area contributed by atoms with Crippen molar-refractivity contribution in [2.45, 2.75) is 19.4 Å². The van der Waals surface area contributed by atoms with E-state index in [1.807, 2.05) is 0 Å². The molecule has 0 aliphatic carbocycles. The van der Waals surface area contributed by atoms with Crippen molar-refractivity contribution in [2.75, 3.05) is 0 Å². The zero-order chi connectivity index (χ0) is 13.8. The molecule has 0 radical (unpaired) electrons. The van der Waals surface area contributed by atoms with Gasteiger partial charge < -0.3 is 10.4 Å². The largest absolute Gasteiger partial charge is 0.480 e. The number of carboxylic acid groups (broad SMARTS) is 1. The number of benzene rings is 1. The van der Waals surface area contributed by atoms with E-state index in [4.69, 9.17) is 5.11 Å². The molecule has 1 heterocycles. The molecule has 0 saturated heterocycles. The average Bonchev–Trinajstić information content (AvgIpc) is 2.43. The highest BCUT2D eigenvalue weighted by Crippen LogP contribution is 2.11. The maximum atomic E-state index is 11.9. The van der Waals surface area contributed by atoms with Crippen LogP contribution in [0.15, 0.2) is 30.6 Å². The molecule has 2 rings (SSSR count). The Morgan fingerprint density at radius 3 is 2.58 bits per heavy atom. The predicted molar refractivity (Wildman–Crippen MR) is 68.7 cm³/mol. The van der Waals surface area contributed by atoms with Crippen LogP contribution in [0.1, 0.15) is 23.7 Å². The van der Waals surface area contributed by atoms with Crippen molar-refractivity contribution in [3.8, 4) is 0 Å². The summed E-state index contributed by atoms with van der Waals surface area (Å²) in [6.07, 6.45) is 3.43. The van der Waals surface area contributed by atoms with Crippen LogP contribution in [0.2, 0.25) is 0 Å². The van der Waals surface area contributed by atoms with Gasteiger partial charge >= 0.3 is 5.97 Å². The molecular weight excluding hydrogens is 246 g/mol. The summed E-state index contributed by atoms with van der Waals surface area (Å²) in [5, 5.41) is 11.4. The molecule has 6 nitrogen and oxygen atoms in total. The highest BCUT2D eigenvalue weighted by Gasteiger charge is 2.18. The molecule has 98 valence electrons. The maximum Gasteiger partial charge on any atom is 0.326 e. The summed E-state index contributed by atoms with van der Waals surface area (Å²) in [5.41, 5.74) is 1.65. The topological polar surface area (TPSA) is 92.2 Å². The predicted octanol–water partition coefficient (Wildman–Crippen LogP) is 1.22. The molecule has 0 spiro atoms. The molecule has 1 atom stereocenters. The fourth-order valence-corrected chi connectivity index (χ4v) is 1.68. The summed E-state index contributed by atoms with van der Waals surface area (Å²) >= 11 is 0. The number of aliphatic carboxylic acids is 1. The van der Waals surface area contributed by atoms with E-state index in [-0.39, 0.29) is 0 Å². The van der Waals surface area contributed by atoms with Crippen molar-refractivity contribution in [2.24, 2.45) is 0 Å². The zero-order valence-electron chi connectivity index (χ0n) is 10.3. The van der Waals surface area contributed by atoms with E-state index >= 15 is 0 Å². The van der Waals surface area contributed by atoms with Gasteiger partial charge in [-0.2, -0.15) is 0 Å². The van der Waals surface area contributed by atoms with Gasteiger partial charge in [0.2, 0.25) is 0 Å². The van der Waals surface area contributed by atoms with Gasteiger partial charge in [-0.1, -0.05) is 6.92 Å². The Morgan fingerprint density at radius 2 is 1.95 bits per heavy atom. The zero-order valence-corrected chi connectivity index (χ0v) is 10.3. The normalized spacial score (nSPS) is 12.1. The third-order valence-corrected chi connectivity index (χ3v) is 2.74. The lowest BCUT2D eigenvalue weighted by molar-refractivity contribution is -0.139. The molecule has 1 aromatic carbocycles. The molecule has 1 aromatic heterocycles. The van der Waals surface area contributed by atoms with Crippen LogP contribution in [0.5, 0.6) is 0 Å². The van der Waals surface area contributed by atoms with E-state index in [1.54, 1.807) is 31.3 Å². The molecule has 0 saturated carbocycles. The lowest BCUT2D eigenvalue weighted by Gasteiger charge is -2.12. The Labute approximate surface area is 109 Å². The van der Waals surface area contributed by atoms with Gasteiger partial charge in [-0.25, -0.2) is 4.79 Å². The molecule has 2 aromatic rings. The third-order valence-electron chi connectivity index (χ3n) is 2.74. The molecule has 0 bridgehead atoms. The lowest BCUT2D eigenvalue weighted by Crippen LogP contribution is -2.40. The number of hydrogen-bond acceptors (Lipinski definition) is 4. The number of nitrogens with zero attached hydrogens (tertiary/aromatic N) is 2. The molecular formula is C13H13N3O3. The van der Waals surface area contributed by atoms with E-state index in [9.17, 15) is 9.59 Å². The minimum atomic E-state index is -1.04. The van der Waals surface area contributed by atoms with E-state index in [2.05, 4.69) is 15.3 Å². The number of amides is 1. The maximum absolute atomic E-state index is 11.9. The second kappa shape index (κ2) is 5.43. The fourth-order valence-electron chi connectivity index (χ4n) is 1.68. The molecule has 0 aliphatic rings. The Morgan fingerprint density at radius 1 is 1.26 bits per heavy atom. The van der Waals surface area contributed by atoms with Gasteiger partial charge in [0.05, 0.1) is 11.0 Å². The Kier molecular flexibility index (Phi) is 3.70. The summed E-state index contributed by atoms with van der Waals surface area (Å²) in [4.78, 5) is 31.0. The SMILES string of the molecule is CC[C@@H](NC(=O)c1ccc2nccnc2c1)C(=O)O. The molecule has 6 heteroatoms. The number of carboxylic acids is 1. The van der Waals surface area contributed by atoms with Gasteiger partial charge in [-0.15, -0.1) is 0 Å². The molecule has 0 fully saturated rings. The van der Waals surface area contributed by atoms with Crippen molar-refractivity contribution >= 4 is 22.9 Å². The number of carbonyl (C=O) groups excluding carboxylic acids is 1. The van der Waals surface area contributed by atoms with Gasteiger partial charge in [0.25, 0.3) is 5.91 Å². The molecule has 19 heavy (non-hydrogen) atoms. The standard InChI is InChI=1S/C13H13N3O3/c1-2-9(13(18)19)16-12(17)8-3-4-10-11(7-8)15-6-5-14-10/h3-7,9H,2H2,1H3,(H,16,17)(H,18,19)/t9-/m1/s1. The Hall–Kier alpha value is -2.50.